The minimum atomic E-state index is -3.67. The Morgan fingerprint density at radius 1 is 1.24 bits per heavy atom. The molecule has 2 aromatic rings. The molecular weight excluding hydrogens is 302 g/mol. The summed E-state index contributed by atoms with van der Waals surface area (Å²) in [7, 11) is 0. The number of benzene rings is 1. The molecule has 0 spiro atoms. The summed E-state index contributed by atoms with van der Waals surface area (Å²) in [6, 6.07) is 4.45. The van der Waals surface area contributed by atoms with Crippen molar-refractivity contribution >= 4 is 17.3 Å². The Balaban J connectivity index is 2.08. The third-order valence-corrected chi connectivity index (χ3v) is 3.48. The van der Waals surface area contributed by atoms with Crippen molar-refractivity contribution < 1.29 is 18.3 Å². The number of nitrogens with two attached hydrogens (primary N) is 1. The SMILES string of the molecule is CCc1cc(-c2cc3c(cc2Cl)OC(F)(F)O3)ncc1N. The third-order valence-electron chi connectivity index (χ3n) is 3.17. The highest BCUT2D eigenvalue weighted by molar-refractivity contribution is 6.33. The zero-order valence-corrected chi connectivity index (χ0v) is 11.7. The number of aromatic nitrogens is 1. The lowest BCUT2D eigenvalue weighted by atomic mass is 10.1. The number of alkyl halides is 2. The van der Waals surface area contributed by atoms with Crippen molar-refractivity contribution in [3.63, 3.8) is 0 Å². The number of nitrogen functional groups attached to an aromatic ring is 1. The largest absolute Gasteiger partial charge is 0.586 e. The van der Waals surface area contributed by atoms with Crippen LogP contribution in [-0.4, -0.2) is 11.3 Å². The van der Waals surface area contributed by atoms with Crippen molar-refractivity contribution in [2.45, 2.75) is 19.6 Å². The van der Waals surface area contributed by atoms with Crippen LogP contribution in [0.15, 0.2) is 24.4 Å². The number of rotatable bonds is 2. The predicted molar refractivity (Wildman–Crippen MR) is 74.7 cm³/mol. The average Bonchev–Trinajstić information content (AvgIpc) is 2.71. The highest BCUT2D eigenvalue weighted by Gasteiger charge is 2.43. The maximum absolute atomic E-state index is 13.1. The van der Waals surface area contributed by atoms with Crippen LogP contribution in [0.5, 0.6) is 11.5 Å². The highest BCUT2D eigenvalue weighted by Crippen LogP contribution is 2.45. The van der Waals surface area contributed by atoms with Crippen LogP contribution >= 0.6 is 11.6 Å². The molecule has 1 aromatic carbocycles. The lowest BCUT2D eigenvalue weighted by Crippen LogP contribution is -2.25. The number of hydrogen-bond acceptors (Lipinski definition) is 4. The van der Waals surface area contributed by atoms with Crippen LogP contribution < -0.4 is 15.2 Å². The summed E-state index contributed by atoms with van der Waals surface area (Å²) in [6.07, 6.45) is -1.43. The van der Waals surface area contributed by atoms with Gasteiger partial charge in [-0.25, -0.2) is 0 Å². The smallest absolute Gasteiger partial charge is 0.397 e. The molecule has 0 fully saturated rings. The molecule has 0 bridgehead atoms. The Morgan fingerprint density at radius 3 is 2.57 bits per heavy atom. The number of fused-ring (bicyclic) bond motifs is 1. The second-order valence-corrected chi connectivity index (χ2v) is 4.98. The third kappa shape index (κ3) is 2.47. The molecule has 0 saturated carbocycles. The van der Waals surface area contributed by atoms with E-state index in [1.54, 1.807) is 6.07 Å². The number of anilines is 1. The molecule has 0 saturated heterocycles. The first-order valence-corrected chi connectivity index (χ1v) is 6.61. The van der Waals surface area contributed by atoms with Crippen molar-refractivity contribution in [3.8, 4) is 22.8 Å². The molecule has 7 heteroatoms. The van der Waals surface area contributed by atoms with E-state index in [4.69, 9.17) is 17.3 Å². The van der Waals surface area contributed by atoms with Crippen molar-refractivity contribution in [1.82, 2.24) is 4.98 Å². The molecule has 0 radical (unpaired) electrons. The van der Waals surface area contributed by atoms with Crippen molar-refractivity contribution in [1.29, 1.82) is 0 Å². The maximum Gasteiger partial charge on any atom is 0.586 e. The Labute approximate surface area is 124 Å². The first-order valence-electron chi connectivity index (χ1n) is 6.24. The van der Waals surface area contributed by atoms with E-state index < -0.39 is 6.29 Å². The number of aryl methyl sites for hydroxylation is 1. The van der Waals surface area contributed by atoms with Gasteiger partial charge in [-0.05, 0) is 24.1 Å². The first-order chi connectivity index (χ1) is 9.89. The molecule has 0 aliphatic carbocycles. The monoisotopic (exact) mass is 312 g/mol. The van der Waals surface area contributed by atoms with Crippen LogP contribution in [0.25, 0.3) is 11.3 Å². The summed E-state index contributed by atoms with van der Waals surface area (Å²) in [5, 5.41) is 0.245. The van der Waals surface area contributed by atoms with E-state index in [0.29, 0.717) is 16.9 Å². The van der Waals surface area contributed by atoms with Gasteiger partial charge in [-0.2, -0.15) is 0 Å². The summed E-state index contributed by atoms with van der Waals surface area (Å²) in [4.78, 5) is 4.19. The van der Waals surface area contributed by atoms with Gasteiger partial charge in [0.05, 0.1) is 22.6 Å². The lowest BCUT2D eigenvalue weighted by Gasteiger charge is -2.08. The van der Waals surface area contributed by atoms with Gasteiger partial charge in [-0.1, -0.05) is 18.5 Å². The van der Waals surface area contributed by atoms with Gasteiger partial charge in [0.15, 0.2) is 11.5 Å². The van der Waals surface area contributed by atoms with E-state index in [0.717, 1.165) is 12.0 Å². The van der Waals surface area contributed by atoms with E-state index in [9.17, 15) is 8.78 Å². The van der Waals surface area contributed by atoms with E-state index in [-0.39, 0.29) is 16.5 Å². The molecule has 1 aliphatic rings. The van der Waals surface area contributed by atoms with E-state index in [1.807, 2.05) is 6.92 Å². The summed E-state index contributed by atoms with van der Waals surface area (Å²) in [5.74, 6) is -0.170. The lowest BCUT2D eigenvalue weighted by molar-refractivity contribution is -0.286. The highest BCUT2D eigenvalue weighted by atomic mass is 35.5. The Morgan fingerprint density at radius 2 is 1.90 bits per heavy atom. The first kappa shape index (κ1) is 13.9. The quantitative estimate of drug-likeness (QED) is 0.914. The normalized spacial score (nSPS) is 15.2. The van der Waals surface area contributed by atoms with Gasteiger partial charge in [0, 0.05) is 11.6 Å². The van der Waals surface area contributed by atoms with Gasteiger partial charge >= 0.3 is 6.29 Å². The number of ether oxygens (including phenoxy) is 2. The number of hydrogen-bond donors (Lipinski definition) is 1. The fraction of sp³-hybridized carbons (Fsp3) is 0.214. The minimum Gasteiger partial charge on any atom is -0.397 e. The van der Waals surface area contributed by atoms with Crippen LogP contribution in [-0.2, 0) is 6.42 Å². The zero-order valence-electron chi connectivity index (χ0n) is 11.0. The predicted octanol–water partition coefficient (Wildman–Crippen LogP) is 3.87. The zero-order chi connectivity index (χ0) is 15.2. The Kier molecular flexibility index (Phi) is 3.13. The van der Waals surface area contributed by atoms with Crippen molar-refractivity contribution in [2.75, 3.05) is 5.73 Å². The average molecular weight is 313 g/mol. The standard InChI is InChI=1S/C14H11ClF2N2O2/c1-2-7-3-11(19-6-10(7)18)8-4-12-13(5-9(8)15)21-14(16,17)20-12/h3-6H,2,18H2,1H3. The van der Waals surface area contributed by atoms with E-state index in [1.165, 1.54) is 18.3 Å². The maximum atomic E-state index is 13.1. The molecule has 2 N–H and O–H groups in total. The summed E-state index contributed by atoms with van der Waals surface area (Å²) in [5.41, 5.74) is 8.29. The summed E-state index contributed by atoms with van der Waals surface area (Å²) in [6.45, 7) is 1.96. The molecule has 21 heavy (non-hydrogen) atoms. The molecule has 110 valence electrons. The van der Waals surface area contributed by atoms with Crippen LogP contribution in [0.4, 0.5) is 14.5 Å². The van der Waals surface area contributed by atoms with Crippen molar-refractivity contribution in [3.05, 3.63) is 35.0 Å². The Hall–Kier alpha value is -2.08. The van der Waals surface area contributed by atoms with Gasteiger partial charge in [0.25, 0.3) is 0 Å². The molecule has 3 rings (SSSR count). The van der Waals surface area contributed by atoms with Crippen LogP contribution in [0, 0.1) is 0 Å². The van der Waals surface area contributed by atoms with Crippen LogP contribution in [0.1, 0.15) is 12.5 Å². The molecule has 1 aliphatic heterocycles. The van der Waals surface area contributed by atoms with Crippen molar-refractivity contribution in [2.24, 2.45) is 0 Å². The van der Waals surface area contributed by atoms with Gasteiger partial charge < -0.3 is 15.2 Å². The van der Waals surface area contributed by atoms with Crippen LogP contribution in [0.3, 0.4) is 0 Å². The Bertz CT molecular complexity index is 722. The minimum absolute atomic E-state index is 0.0731. The summed E-state index contributed by atoms with van der Waals surface area (Å²) < 4.78 is 34.9. The van der Waals surface area contributed by atoms with Gasteiger partial charge in [-0.3, -0.25) is 4.98 Å². The van der Waals surface area contributed by atoms with E-state index in [2.05, 4.69) is 14.5 Å². The molecular formula is C14H11ClF2N2O2. The number of pyridine rings is 1. The summed E-state index contributed by atoms with van der Waals surface area (Å²) >= 11 is 6.12. The van der Waals surface area contributed by atoms with Gasteiger partial charge in [0.2, 0.25) is 0 Å². The molecule has 2 heterocycles. The molecule has 0 amide bonds. The second kappa shape index (κ2) is 4.73. The van der Waals surface area contributed by atoms with Crippen LogP contribution in [0.2, 0.25) is 5.02 Å². The number of halogens is 3. The molecule has 0 atom stereocenters. The molecule has 0 unspecified atom stereocenters. The topological polar surface area (TPSA) is 57.4 Å². The molecule has 4 nitrogen and oxygen atoms in total. The van der Waals surface area contributed by atoms with Gasteiger partial charge in [0.1, 0.15) is 0 Å². The van der Waals surface area contributed by atoms with E-state index >= 15 is 0 Å². The van der Waals surface area contributed by atoms with Gasteiger partial charge in [-0.15, -0.1) is 8.78 Å². The second-order valence-electron chi connectivity index (χ2n) is 4.57. The fourth-order valence-corrected chi connectivity index (χ4v) is 2.38. The number of nitrogens with zero attached hydrogens (tertiary/aromatic N) is 1. The fourth-order valence-electron chi connectivity index (χ4n) is 2.13. The molecule has 1 aromatic heterocycles.